The van der Waals surface area contributed by atoms with Crippen LogP contribution in [0.3, 0.4) is 0 Å². The highest BCUT2D eigenvalue weighted by Gasteiger charge is 2.50. The number of hydrogen-bond donors (Lipinski definition) is 2. The average molecular weight is 130 g/mol. The molecule has 0 saturated heterocycles. The third-order valence-corrected chi connectivity index (χ3v) is 2.25. The van der Waals surface area contributed by atoms with Gasteiger partial charge in [-0.1, -0.05) is 6.92 Å². The first-order valence-electron chi connectivity index (χ1n) is 3.41. The van der Waals surface area contributed by atoms with Crippen LogP contribution in [0.2, 0.25) is 0 Å². The van der Waals surface area contributed by atoms with Crippen LogP contribution >= 0.6 is 0 Å². The van der Waals surface area contributed by atoms with Crippen molar-refractivity contribution in [1.82, 2.24) is 0 Å². The van der Waals surface area contributed by atoms with Gasteiger partial charge in [0.25, 0.3) is 0 Å². The van der Waals surface area contributed by atoms with Gasteiger partial charge in [0.2, 0.25) is 0 Å². The lowest BCUT2D eigenvalue weighted by Crippen LogP contribution is -2.12. The molecule has 1 aliphatic carbocycles. The molecule has 1 fully saturated rings. The van der Waals surface area contributed by atoms with Gasteiger partial charge in [-0.2, -0.15) is 0 Å². The molecule has 0 aliphatic heterocycles. The molecule has 0 aromatic heterocycles. The van der Waals surface area contributed by atoms with Crippen LogP contribution in [-0.2, 0) is 0 Å². The summed E-state index contributed by atoms with van der Waals surface area (Å²) < 4.78 is 0. The van der Waals surface area contributed by atoms with Crippen molar-refractivity contribution in [2.24, 2.45) is 11.8 Å². The summed E-state index contributed by atoms with van der Waals surface area (Å²) in [5.41, 5.74) is -0.470. The lowest BCUT2D eigenvalue weighted by Gasteiger charge is -2.07. The second kappa shape index (κ2) is 1.96. The van der Waals surface area contributed by atoms with Crippen molar-refractivity contribution in [1.29, 1.82) is 0 Å². The Bertz CT molecular complexity index is 109. The molecule has 9 heavy (non-hydrogen) atoms. The number of hydrogen-bond acceptors (Lipinski definition) is 2. The molecule has 0 spiro atoms. The van der Waals surface area contributed by atoms with Crippen LogP contribution in [0.4, 0.5) is 0 Å². The molecule has 2 heteroatoms. The molecule has 2 N–H and O–H groups in total. The molecule has 1 aliphatic rings. The minimum absolute atomic E-state index is 0.195. The van der Waals surface area contributed by atoms with Crippen molar-refractivity contribution >= 4 is 0 Å². The van der Waals surface area contributed by atoms with Crippen LogP contribution in [0.5, 0.6) is 0 Å². The molecule has 0 amide bonds. The van der Waals surface area contributed by atoms with Crippen LogP contribution < -0.4 is 0 Å². The van der Waals surface area contributed by atoms with Gasteiger partial charge in [0, 0.05) is 6.61 Å². The predicted molar refractivity (Wildman–Crippen MR) is 35.0 cm³/mol. The van der Waals surface area contributed by atoms with Gasteiger partial charge >= 0.3 is 0 Å². The first kappa shape index (κ1) is 7.03. The summed E-state index contributed by atoms with van der Waals surface area (Å²) in [6, 6.07) is 0. The fourth-order valence-electron chi connectivity index (χ4n) is 1.33. The second-order valence-corrected chi connectivity index (χ2v) is 3.33. The standard InChI is InChI=1S/C7H14O2/c1-5(4-8)6-3-7(6,2)9/h5-6,8-9H,3-4H2,1-2H3. The van der Waals surface area contributed by atoms with E-state index in [1.807, 2.05) is 13.8 Å². The molecule has 3 unspecified atom stereocenters. The summed E-state index contributed by atoms with van der Waals surface area (Å²) in [5, 5.41) is 17.9. The van der Waals surface area contributed by atoms with Crippen molar-refractivity contribution < 1.29 is 10.2 Å². The van der Waals surface area contributed by atoms with Crippen molar-refractivity contribution in [3.8, 4) is 0 Å². The Morgan fingerprint density at radius 1 is 1.78 bits per heavy atom. The second-order valence-electron chi connectivity index (χ2n) is 3.33. The lowest BCUT2D eigenvalue weighted by atomic mass is 10.1. The van der Waals surface area contributed by atoms with Crippen molar-refractivity contribution in [2.45, 2.75) is 25.9 Å². The Kier molecular flexibility index (Phi) is 1.53. The smallest absolute Gasteiger partial charge is 0.0656 e. The lowest BCUT2D eigenvalue weighted by molar-refractivity contribution is 0.121. The van der Waals surface area contributed by atoms with Crippen molar-refractivity contribution in [3.05, 3.63) is 0 Å². The molecular weight excluding hydrogens is 116 g/mol. The molecule has 54 valence electrons. The zero-order valence-electron chi connectivity index (χ0n) is 5.96. The zero-order valence-corrected chi connectivity index (χ0v) is 5.96. The van der Waals surface area contributed by atoms with E-state index in [0.29, 0.717) is 5.92 Å². The van der Waals surface area contributed by atoms with Crippen LogP contribution in [0.15, 0.2) is 0 Å². The monoisotopic (exact) mass is 130 g/mol. The Balaban J connectivity index is 2.33. The maximum absolute atomic E-state index is 9.28. The Morgan fingerprint density at radius 2 is 2.22 bits per heavy atom. The summed E-state index contributed by atoms with van der Waals surface area (Å²) in [6.45, 7) is 3.98. The van der Waals surface area contributed by atoms with Crippen LogP contribution in [0, 0.1) is 11.8 Å². The highest BCUT2D eigenvalue weighted by atomic mass is 16.3. The maximum Gasteiger partial charge on any atom is 0.0656 e. The van der Waals surface area contributed by atoms with E-state index in [0.717, 1.165) is 6.42 Å². The van der Waals surface area contributed by atoms with E-state index in [9.17, 15) is 5.11 Å². The molecule has 1 saturated carbocycles. The van der Waals surface area contributed by atoms with Gasteiger partial charge in [-0.15, -0.1) is 0 Å². The van der Waals surface area contributed by atoms with E-state index in [1.165, 1.54) is 0 Å². The van der Waals surface area contributed by atoms with Crippen LogP contribution in [0.1, 0.15) is 20.3 Å². The largest absolute Gasteiger partial charge is 0.396 e. The molecule has 0 aromatic carbocycles. The molecule has 0 aromatic rings. The van der Waals surface area contributed by atoms with Crippen molar-refractivity contribution in [3.63, 3.8) is 0 Å². The van der Waals surface area contributed by atoms with E-state index in [1.54, 1.807) is 0 Å². The Morgan fingerprint density at radius 3 is 2.33 bits per heavy atom. The molecule has 0 radical (unpaired) electrons. The van der Waals surface area contributed by atoms with E-state index >= 15 is 0 Å². The normalized spacial score (nSPS) is 44.7. The molecule has 0 bridgehead atoms. The molecular formula is C7H14O2. The first-order chi connectivity index (χ1) is 4.08. The zero-order chi connectivity index (χ0) is 7.07. The van der Waals surface area contributed by atoms with Crippen LogP contribution in [-0.4, -0.2) is 22.4 Å². The van der Waals surface area contributed by atoms with Crippen LogP contribution in [0.25, 0.3) is 0 Å². The number of aliphatic hydroxyl groups is 2. The quantitative estimate of drug-likeness (QED) is 0.567. The summed E-state index contributed by atoms with van der Waals surface area (Å²) >= 11 is 0. The van der Waals surface area contributed by atoms with Gasteiger partial charge in [0.05, 0.1) is 5.60 Å². The Labute approximate surface area is 55.5 Å². The summed E-state index contributed by atoms with van der Waals surface area (Å²) in [7, 11) is 0. The molecule has 1 rings (SSSR count). The fourth-order valence-corrected chi connectivity index (χ4v) is 1.33. The minimum Gasteiger partial charge on any atom is -0.396 e. The van der Waals surface area contributed by atoms with Gasteiger partial charge in [-0.05, 0) is 25.2 Å². The topological polar surface area (TPSA) is 40.5 Å². The van der Waals surface area contributed by atoms with E-state index in [2.05, 4.69) is 0 Å². The Hall–Kier alpha value is -0.0800. The first-order valence-corrected chi connectivity index (χ1v) is 3.41. The third kappa shape index (κ3) is 1.25. The fraction of sp³-hybridized carbons (Fsp3) is 1.00. The minimum atomic E-state index is -0.470. The highest BCUT2D eigenvalue weighted by molar-refractivity contribution is 5.01. The highest BCUT2D eigenvalue weighted by Crippen LogP contribution is 2.47. The summed E-state index contributed by atoms with van der Waals surface area (Å²) in [6.07, 6.45) is 0.856. The predicted octanol–water partition coefficient (Wildman–Crippen LogP) is 0.386. The van der Waals surface area contributed by atoms with Gasteiger partial charge in [0.15, 0.2) is 0 Å². The van der Waals surface area contributed by atoms with Crippen molar-refractivity contribution in [2.75, 3.05) is 6.61 Å². The van der Waals surface area contributed by atoms with E-state index < -0.39 is 5.60 Å². The maximum atomic E-state index is 9.28. The summed E-state index contributed by atoms with van der Waals surface area (Å²) in [4.78, 5) is 0. The molecule has 2 nitrogen and oxygen atoms in total. The van der Waals surface area contributed by atoms with Gasteiger partial charge in [0.1, 0.15) is 0 Å². The molecule has 3 atom stereocenters. The summed E-state index contributed by atoms with van der Waals surface area (Å²) in [5.74, 6) is 0.600. The van der Waals surface area contributed by atoms with Gasteiger partial charge in [-0.3, -0.25) is 0 Å². The van der Waals surface area contributed by atoms with Gasteiger partial charge in [-0.25, -0.2) is 0 Å². The van der Waals surface area contributed by atoms with E-state index in [-0.39, 0.29) is 12.5 Å². The third-order valence-electron chi connectivity index (χ3n) is 2.25. The van der Waals surface area contributed by atoms with E-state index in [4.69, 9.17) is 5.11 Å². The SMILES string of the molecule is CC(CO)C1CC1(C)O. The number of aliphatic hydroxyl groups excluding tert-OH is 1. The average Bonchev–Trinajstić information content (AvgIpc) is 2.38. The molecule has 0 heterocycles. The van der Waals surface area contributed by atoms with Gasteiger partial charge < -0.3 is 10.2 Å². The number of rotatable bonds is 2.